The van der Waals surface area contributed by atoms with E-state index in [0.29, 0.717) is 18.1 Å². The molecule has 6 heteroatoms. The lowest BCUT2D eigenvalue weighted by Crippen LogP contribution is -2.58. The van der Waals surface area contributed by atoms with Gasteiger partial charge in [0.1, 0.15) is 5.82 Å². The molecule has 2 unspecified atom stereocenters. The van der Waals surface area contributed by atoms with E-state index in [1.165, 1.54) is 0 Å². The first-order valence-corrected chi connectivity index (χ1v) is 7.92. The fourth-order valence-corrected chi connectivity index (χ4v) is 2.80. The second-order valence-electron chi connectivity index (χ2n) is 5.62. The fourth-order valence-electron chi connectivity index (χ4n) is 2.49. The summed E-state index contributed by atoms with van der Waals surface area (Å²) in [7, 11) is 0. The first-order valence-electron chi connectivity index (χ1n) is 7.13. The van der Waals surface area contributed by atoms with Gasteiger partial charge in [0.25, 0.3) is 0 Å². The zero-order valence-electron chi connectivity index (χ0n) is 12.5. The second kappa shape index (κ2) is 6.26. The highest BCUT2D eigenvalue weighted by Gasteiger charge is 2.49. The van der Waals surface area contributed by atoms with Gasteiger partial charge in [-0.25, -0.2) is 4.98 Å². The molecular weight excluding hydrogens is 320 g/mol. The molecule has 1 heterocycles. The number of aromatic nitrogens is 2. The zero-order valence-corrected chi connectivity index (χ0v) is 14.1. The Morgan fingerprint density at radius 1 is 1.45 bits per heavy atom. The van der Waals surface area contributed by atoms with Crippen LogP contribution in [0.3, 0.4) is 0 Å². The van der Waals surface area contributed by atoms with Gasteiger partial charge >= 0.3 is 0 Å². The minimum atomic E-state index is 0.110. The van der Waals surface area contributed by atoms with Gasteiger partial charge in [0.2, 0.25) is 5.95 Å². The van der Waals surface area contributed by atoms with Crippen molar-refractivity contribution in [1.82, 2.24) is 9.97 Å². The summed E-state index contributed by atoms with van der Waals surface area (Å²) in [4.78, 5) is 8.73. The molecule has 1 aromatic rings. The Morgan fingerprint density at radius 2 is 2.20 bits per heavy atom. The Balaban J connectivity index is 2.06. The average Bonchev–Trinajstić information content (AvgIpc) is 2.41. The van der Waals surface area contributed by atoms with Crippen molar-refractivity contribution in [2.75, 3.05) is 23.8 Å². The normalized spacial score (nSPS) is 24.1. The van der Waals surface area contributed by atoms with Crippen molar-refractivity contribution in [3.8, 4) is 0 Å². The summed E-state index contributed by atoms with van der Waals surface area (Å²) < 4.78 is 6.64. The lowest BCUT2D eigenvalue weighted by molar-refractivity contribution is -0.0976. The molecule has 20 heavy (non-hydrogen) atoms. The van der Waals surface area contributed by atoms with E-state index in [9.17, 15) is 0 Å². The summed E-state index contributed by atoms with van der Waals surface area (Å²) in [5, 5.41) is 6.63. The van der Waals surface area contributed by atoms with Gasteiger partial charge in [-0.3, -0.25) is 0 Å². The Morgan fingerprint density at radius 3 is 2.80 bits per heavy atom. The molecule has 2 rings (SSSR count). The summed E-state index contributed by atoms with van der Waals surface area (Å²) >= 11 is 3.50. The van der Waals surface area contributed by atoms with Crippen LogP contribution in [0.15, 0.2) is 10.7 Å². The molecule has 0 spiro atoms. The fraction of sp³-hybridized carbons (Fsp3) is 0.714. The predicted octanol–water partition coefficient (Wildman–Crippen LogP) is 3.29. The van der Waals surface area contributed by atoms with E-state index < -0.39 is 0 Å². The molecule has 1 saturated carbocycles. The van der Waals surface area contributed by atoms with Crippen molar-refractivity contribution in [2.24, 2.45) is 5.41 Å². The topological polar surface area (TPSA) is 59.1 Å². The lowest BCUT2D eigenvalue weighted by atomic mass is 9.64. The standard InChI is InChI=1S/C14H23BrN4O/c1-5-16-13-17-8-9(15)12(19-13)18-10-7-11(20-6-2)14(10,3)4/h8,10-11H,5-7H2,1-4H3,(H2,16,17,18,19). The van der Waals surface area contributed by atoms with Crippen LogP contribution in [0.1, 0.15) is 34.1 Å². The molecule has 1 fully saturated rings. The summed E-state index contributed by atoms with van der Waals surface area (Å²) in [6.07, 6.45) is 3.10. The Hall–Kier alpha value is -0.880. The minimum absolute atomic E-state index is 0.110. The lowest BCUT2D eigenvalue weighted by Gasteiger charge is -2.51. The SMILES string of the molecule is CCNc1ncc(Br)c(NC2CC(OCC)C2(C)C)n1. The number of ether oxygens (including phenoxy) is 1. The molecule has 1 aliphatic rings. The molecule has 0 radical (unpaired) electrons. The minimum Gasteiger partial charge on any atom is -0.378 e. The van der Waals surface area contributed by atoms with Gasteiger partial charge < -0.3 is 15.4 Å². The molecule has 112 valence electrons. The van der Waals surface area contributed by atoms with Crippen molar-refractivity contribution in [1.29, 1.82) is 0 Å². The van der Waals surface area contributed by atoms with Crippen molar-refractivity contribution in [2.45, 2.75) is 46.3 Å². The van der Waals surface area contributed by atoms with Gasteiger partial charge in [0.15, 0.2) is 0 Å². The highest BCUT2D eigenvalue weighted by molar-refractivity contribution is 9.10. The summed E-state index contributed by atoms with van der Waals surface area (Å²) in [6, 6.07) is 0.361. The van der Waals surface area contributed by atoms with Crippen molar-refractivity contribution >= 4 is 27.7 Å². The van der Waals surface area contributed by atoms with Crippen molar-refractivity contribution in [3.63, 3.8) is 0 Å². The van der Waals surface area contributed by atoms with E-state index in [2.05, 4.69) is 50.4 Å². The molecule has 5 nitrogen and oxygen atoms in total. The van der Waals surface area contributed by atoms with E-state index in [1.54, 1.807) is 6.20 Å². The number of anilines is 2. The Kier molecular flexibility index (Phi) is 4.86. The van der Waals surface area contributed by atoms with Gasteiger partial charge in [-0.2, -0.15) is 4.98 Å². The largest absolute Gasteiger partial charge is 0.378 e. The number of hydrogen-bond acceptors (Lipinski definition) is 5. The van der Waals surface area contributed by atoms with Crippen LogP contribution in [0.25, 0.3) is 0 Å². The molecule has 1 aromatic heterocycles. The average molecular weight is 343 g/mol. The van der Waals surface area contributed by atoms with E-state index in [4.69, 9.17) is 4.74 Å². The third kappa shape index (κ3) is 3.06. The van der Waals surface area contributed by atoms with Gasteiger partial charge in [0.05, 0.1) is 10.6 Å². The third-order valence-corrected chi connectivity index (χ3v) is 4.52. The van der Waals surface area contributed by atoms with Crippen LogP contribution < -0.4 is 10.6 Å². The highest BCUT2D eigenvalue weighted by atomic mass is 79.9. The van der Waals surface area contributed by atoms with E-state index in [1.807, 2.05) is 13.8 Å². The van der Waals surface area contributed by atoms with Gasteiger partial charge in [-0.15, -0.1) is 0 Å². The van der Waals surface area contributed by atoms with Crippen LogP contribution in [0, 0.1) is 5.41 Å². The molecule has 0 aromatic carbocycles. The number of hydrogen-bond donors (Lipinski definition) is 2. The van der Waals surface area contributed by atoms with Gasteiger partial charge in [-0.1, -0.05) is 13.8 Å². The second-order valence-corrected chi connectivity index (χ2v) is 6.47. The van der Waals surface area contributed by atoms with Crippen LogP contribution >= 0.6 is 15.9 Å². The quantitative estimate of drug-likeness (QED) is 0.830. The zero-order chi connectivity index (χ0) is 14.8. The van der Waals surface area contributed by atoms with Crippen LogP contribution in [-0.2, 0) is 4.74 Å². The smallest absolute Gasteiger partial charge is 0.224 e. The maximum absolute atomic E-state index is 5.76. The maximum atomic E-state index is 5.76. The number of halogens is 1. The van der Waals surface area contributed by atoms with Crippen LogP contribution in [0.4, 0.5) is 11.8 Å². The van der Waals surface area contributed by atoms with Gasteiger partial charge in [0, 0.05) is 30.8 Å². The molecule has 0 aliphatic heterocycles. The van der Waals surface area contributed by atoms with Crippen molar-refractivity contribution in [3.05, 3.63) is 10.7 Å². The highest BCUT2D eigenvalue weighted by Crippen LogP contribution is 2.44. The molecule has 0 bridgehead atoms. The Bertz CT molecular complexity index is 466. The van der Waals surface area contributed by atoms with E-state index in [0.717, 1.165) is 29.9 Å². The molecule has 0 saturated heterocycles. The molecular formula is C14H23BrN4O. The van der Waals surface area contributed by atoms with Crippen LogP contribution in [0.2, 0.25) is 0 Å². The Labute approximate surface area is 129 Å². The number of nitrogens with one attached hydrogen (secondary N) is 2. The summed E-state index contributed by atoms with van der Waals surface area (Å²) in [5.41, 5.74) is 0.110. The van der Waals surface area contributed by atoms with Crippen LogP contribution in [-0.4, -0.2) is 35.3 Å². The van der Waals surface area contributed by atoms with E-state index >= 15 is 0 Å². The molecule has 0 amide bonds. The predicted molar refractivity (Wildman–Crippen MR) is 85.1 cm³/mol. The molecule has 2 N–H and O–H groups in total. The number of nitrogens with zero attached hydrogens (tertiary/aromatic N) is 2. The van der Waals surface area contributed by atoms with E-state index in [-0.39, 0.29) is 5.41 Å². The van der Waals surface area contributed by atoms with Crippen LogP contribution in [0.5, 0.6) is 0 Å². The first-order chi connectivity index (χ1) is 9.48. The third-order valence-electron chi connectivity index (χ3n) is 3.94. The first kappa shape index (κ1) is 15.5. The summed E-state index contributed by atoms with van der Waals surface area (Å²) in [5.74, 6) is 1.49. The van der Waals surface area contributed by atoms with Crippen molar-refractivity contribution < 1.29 is 4.74 Å². The molecule has 2 atom stereocenters. The summed E-state index contributed by atoms with van der Waals surface area (Å²) in [6.45, 7) is 10.1. The monoisotopic (exact) mass is 342 g/mol. The van der Waals surface area contributed by atoms with Gasteiger partial charge in [-0.05, 0) is 36.2 Å². The molecule has 1 aliphatic carbocycles. The maximum Gasteiger partial charge on any atom is 0.224 e. The number of rotatable bonds is 6.